The number of anilines is 2. The first-order valence-electron chi connectivity index (χ1n) is 10.5. The van der Waals surface area contributed by atoms with Crippen molar-refractivity contribution in [1.82, 2.24) is 4.72 Å². The van der Waals surface area contributed by atoms with Crippen LogP contribution in [0.4, 0.5) is 24.5 Å². The summed E-state index contributed by atoms with van der Waals surface area (Å²) in [5, 5.41) is 2.34. The van der Waals surface area contributed by atoms with Crippen LogP contribution in [0.1, 0.15) is 11.1 Å². The molecule has 1 aliphatic heterocycles. The molecule has 0 spiro atoms. The van der Waals surface area contributed by atoms with Gasteiger partial charge in [-0.15, -0.1) is 0 Å². The lowest BCUT2D eigenvalue weighted by Crippen LogP contribution is -2.37. The molecule has 0 unspecified atom stereocenters. The lowest BCUT2D eigenvalue weighted by Gasteiger charge is -2.31. The van der Waals surface area contributed by atoms with Crippen molar-refractivity contribution in [2.24, 2.45) is 0 Å². The van der Waals surface area contributed by atoms with Gasteiger partial charge in [0.25, 0.3) is 5.91 Å². The summed E-state index contributed by atoms with van der Waals surface area (Å²) in [6.07, 6.45) is -4.62. The van der Waals surface area contributed by atoms with Crippen LogP contribution in [0.3, 0.4) is 0 Å². The highest BCUT2D eigenvalue weighted by atomic mass is 32.2. The van der Waals surface area contributed by atoms with Crippen molar-refractivity contribution in [3.63, 3.8) is 0 Å². The maximum Gasteiger partial charge on any atom is 0.416 e. The van der Waals surface area contributed by atoms with Gasteiger partial charge < -0.3 is 19.7 Å². The third-order valence-corrected chi connectivity index (χ3v) is 6.47. The van der Waals surface area contributed by atoms with Crippen LogP contribution in [0, 0.1) is 6.92 Å². The molecule has 3 rings (SSSR count). The first-order valence-corrected chi connectivity index (χ1v) is 12.0. The molecule has 1 saturated heterocycles. The molecule has 0 aromatic heterocycles. The fourth-order valence-corrected chi connectivity index (χ4v) is 4.20. The number of benzene rings is 2. The first-order chi connectivity index (χ1) is 16.5. The highest BCUT2D eigenvalue weighted by Crippen LogP contribution is 2.35. The number of nitrogens with one attached hydrogen (secondary N) is 2. The van der Waals surface area contributed by atoms with Gasteiger partial charge in [0.2, 0.25) is 10.0 Å². The minimum atomic E-state index is -4.62. The van der Waals surface area contributed by atoms with Gasteiger partial charge in [-0.25, -0.2) is 8.42 Å². The summed E-state index contributed by atoms with van der Waals surface area (Å²) in [5.41, 5.74) is 0.175. The number of aryl methyl sites for hydroxylation is 1. The second kappa shape index (κ2) is 11.1. The normalized spacial score (nSPS) is 14.5. The summed E-state index contributed by atoms with van der Waals surface area (Å²) in [6, 6.07) is 8.91. The second-order valence-corrected chi connectivity index (χ2v) is 9.44. The standard InChI is InChI=1S/C22H24F3N3O6S/c1-15-2-5-17(6-3-15)35(31,32)26-13-21(30)34-14-20(29)27-18-12-16(22(23,24)25)4-7-19(18)28-8-10-33-11-9-28/h2-7,12,26H,8-11,13-14H2,1H3,(H,27,29). The molecule has 1 aliphatic rings. The van der Waals surface area contributed by atoms with E-state index in [1.807, 2.05) is 0 Å². The van der Waals surface area contributed by atoms with E-state index < -0.39 is 46.8 Å². The summed E-state index contributed by atoms with van der Waals surface area (Å²) >= 11 is 0. The Bertz CT molecular complexity index is 1160. The van der Waals surface area contributed by atoms with E-state index in [1.54, 1.807) is 24.0 Å². The van der Waals surface area contributed by atoms with Crippen molar-refractivity contribution < 1.29 is 40.7 Å². The van der Waals surface area contributed by atoms with Crippen LogP contribution in [0.25, 0.3) is 0 Å². The zero-order chi connectivity index (χ0) is 25.6. The van der Waals surface area contributed by atoms with Crippen LogP contribution in [0.2, 0.25) is 0 Å². The van der Waals surface area contributed by atoms with Crippen molar-refractivity contribution >= 4 is 33.3 Å². The molecule has 35 heavy (non-hydrogen) atoms. The minimum Gasteiger partial charge on any atom is -0.455 e. The molecule has 1 heterocycles. The lowest BCUT2D eigenvalue weighted by molar-refractivity contribution is -0.146. The molecule has 0 bridgehead atoms. The number of alkyl halides is 3. The molecule has 190 valence electrons. The molecule has 0 radical (unpaired) electrons. The molecule has 13 heteroatoms. The van der Waals surface area contributed by atoms with Gasteiger partial charge in [-0.1, -0.05) is 17.7 Å². The maximum atomic E-state index is 13.2. The Kier molecular flexibility index (Phi) is 8.35. The minimum absolute atomic E-state index is 0.0474. The highest BCUT2D eigenvalue weighted by molar-refractivity contribution is 7.89. The topological polar surface area (TPSA) is 114 Å². The number of carbonyl (C=O) groups is 2. The molecular formula is C22H24F3N3O6S. The number of hydrogen-bond acceptors (Lipinski definition) is 7. The highest BCUT2D eigenvalue weighted by Gasteiger charge is 2.32. The van der Waals surface area contributed by atoms with Gasteiger partial charge in [0.1, 0.15) is 6.54 Å². The largest absolute Gasteiger partial charge is 0.455 e. The zero-order valence-electron chi connectivity index (χ0n) is 18.7. The number of ether oxygens (including phenoxy) is 2. The Morgan fingerprint density at radius 1 is 1.09 bits per heavy atom. The van der Waals surface area contributed by atoms with Gasteiger partial charge in [-0.05, 0) is 37.3 Å². The smallest absolute Gasteiger partial charge is 0.416 e. The molecule has 2 aromatic rings. The fourth-order valence-electron chi connectivity index (χ4n) is 3.23. The van der Waals surface area contributed by atoms with Gasteiger partial charge >= 0.3 is 12.1 Å². The Morgan fingerprint density at radius 3 is 2.37 bits per heavy atom. The Balaban J connectivity index is 1.60. The monoisotopic (exact) mass is 515 g/mol. The molecule has 0 aliphatic carbocycles. The number of sulfonamides is 1. The number of amides is 1. The summed E-state index contributed by atoms with van der Waals surface area (Å²) in [4.78, 5) is 26.0. The third-order valence-electron chi connectivity index (χ3n) is 5.05. The quantitative estimate of drug-likeness (QED) is 0.519. The van der Waals surface area contributed by atoms with Crippen LogP contribution in [-0.4, -0.2) is 59.7 Å². The summed E-state index contributed by atoms with van der Waals surface area (Å²) < 4.78 is 76.1. The van der Waals surface area contributed by atoms with E-state index >= 15 is 0 Å². The summed E-state index contributed by atoms with van der Waals surface area (Å²) in [5.74, 6) is -1.91. The fraction of sp³-hybridized carbons (Fsp3) is 0.364. The molecule has 1 amide bonds. The van der Waals surface area contributed by atoms with Gasteiger partial charge in [0.15, 0.2) is 6.61 Å². The lowest BCUT2D eigenvalue weighted by atomic mass is 10.1. The van der Waals surface area contributed by atoms with E-state index in [9.17, 15) is 31.2 Å². The van der Waals surface area contributed by atoms with E-state index in [2.05, 4.69) is 10.0 Å². The third kappa shape index (κ3) is 7.41. The SMILES string of the molecule is Cc1ccc(S(=O)(=O)NCC(=O)OCC(=O)Nc2cc(C(F)(F)F)ccc2N2CCOCC2)cc1. The van der Waals surface area contributed by atoms with Crippen LogP contribution in [0.5, 0.6) is 0 Å². The van der Waals surface area contributed by atoms with Crippen molar-refractivity contribution in [3.8, 4) is 0 Å². The van der Waals surface area contributed by atoms with Gasteiger partial charge in [-0.2, -0.15) is 17.9 Å². The Hall–Kier alpha value is -3.16. The van der Waals surface area contributed by atoms with Crippen molar-refractivity contribution in [1.29, 1.82) is 0 Å². The Morgan fingerprint density at radius 2 is 1.74 bits per heavy atom. The van der Waals surface area contributed by atoms with Crippen LogP contribution in [-0.2, 0) is 35.3 Å². The van der Waals surface area contributed by atoms with Crippen molar-refractivity contribution in [3.05, 3.63) is 53.6 Å². The molecule has 0 atom stereocenters. The number of halogens is 3. The van der Waals surface area contributed by atoms with E-state index in [4.69, 9.17) is 9.47 Å². The number of rotatable bonds is 8. The second-order valence-electron chi connectivity index (χ2n) is 7.68. The number of morpholine rings is 1. The average molecular weight is 516 g/mol. The Labute approximate surface area is 200 Å². The van der Waals surface area contributed by atoms with E-state index in [-0.39, 0.29) is 10.6 Å². The van der Waals surface area contributed by atoms with E-state index in [1.165, 1.54) is 18.2 Å². The number of esters is 1. The van der Waals surface area contributed by atoms with E-state index in [0.717, 1.165) is 17.7 Å². The van der Waals surface area contributed by atoms with Crippen LogP contribution in [0.15, 0.2) is 47.4 Å². The maximum absolute atomic E-state index is 13.2. The first kappa shape index (κ1) is 26.4. The molecule has 2 aromatic carbocycles. The molecule has 0 saturated carbocycles. The van der Waals surface area contributed by atoms with Crippen molar-refractivity contribution in [2.45, 2.75) is 18.0 Å². The van der Waals surface area contributed by atoms with Crippen LogP contribution >= 0.6 is 0 Å². The number of carbonyl (C=O) groups excluding carboxylic acids is 2. The number of nitrogens with zero attached hydrogens (tertiary/aromatic N) is 1. The zero-order valence-corrected chi connectivity index (χ0v) is 19.5. The van der Waals surface area contributed by atoms with Crippen LogP contribution < -0.4 is 14.9 Å². The van der Waals surface area contributed by atoms with Gasteiger partial charge in [0.05, 0.1) is 35.0 Å². The predicted molar refractivity (Wildman–Crippen MR) is 120 cm³/mol. The molecule has 9 nitrogen and oxygen atoms in total. The molecular weight excluding hydrogens is 491 g/mol. The number of hydrogen-bond donors (Lipinski definition) is 2. The van der Waals surface area contributed by atoms with E-state index in [0.29, 0.717) is 32.0 Å². The molecule has 2 N–H and O–H groups in total. The van der Waals surface area contributed by atoms with Gasteiger partial charge in [-0.3, -0.25) is 9.59 Å². The predicted octanol–water partition coefficient (Wildman–Crippen LogP) is 2.31. The summed E-state index contributed by atoms with van der Waals surface area (Å²) in [7, 11) is -3.97. The van der Waals surface area contributed by atoms with Gasteiger partial charge in [0, 0.05) is 13.1 Å². The summed E-state index contributed by atoms with van der Waals surface area (Å²) in [6.45, 7) is 1.84. The average Bonchev–Trinajstić information content (AvgIpc) is 2.82. The molecule has 1 fully saturated rings. The van der Waals surface area contributed by atoms with Crippen molar-refractivity contribution in [2.75, 3.05) is 49.7 Å².